The number of rotatable bonds is 57. The van der Waals surface area contributed by atoms with E-state index in [0.29, 0.717) is 17.4 Å². The van der Waals surface area contributed by atoms with E-state index in [2.05, 4.69) is 62.5 Å². The summed E-state index contributed by atoms with van der Waals surface area (Å²) in [4.78, 5) is 37.7. The molecule has 0 saturated carbocycles. The van der Waals surface area contributed by atoms with Crippen molar-refractivity contribution < 1.29 is 37.3 Å². The molecule has 0 aromatic heterocycles. The van der Waals surface area contributed by atoms with Gasteiger partial charge >= 0.3 is 13.8 Å². The summed E-state index contributed by atoms with van der Waals surface area (Å²) in [6, 6.07) is -0.853. The van der Waals surface area contributed by atoms with E-state index >= 15 is 0 Å². The zero-order valence-electron chi connectivity index (χ0n) is 49.6. The number of hydrogen-bond donors (Lipinski definition) is 2. The first-order chi connectivity index (χ1) is 35.9. The molecule has 3 atom stereocenters. The van der Waals surface area contributed by atoms with Gasteiger partial charge in [-0.2, -0.15) is 0 Å². The minimum Gasteiger partial charge on any atom is -0.456 e. The van der Waals surface area contributed by atoms with Gasteiger partial charge in [0.05, 0.1) is 33.8 Å². The Hall–Kier alpha value is -2.03. The number of unbranched alkanes of at least 4 members (excludes halogenated alkanes) is 35. The molecule has 0 saturated heterocycles. The summed E-state index contributed by atoms with van der Waals surface area (Å²) < 4.78 is 30.7. The highest BCUT2D eigenvalue weighted by Gasteiger charge is 2.30. The van der Waals surface area contributed by atoms with Crippen LogP contribution in [-0.4, -0.2) is 74.3 Å². The van der Waals surface area contributed by atoms with Gasteiger partial charge in [0.25, 0.3) is 0 Å². The van der Waals surface area contributed by atoms with Crippen molar-refractivity contribution in [2.45, 2.75) is 309 Å². The van der Waals surface area contributed by atoms with Crippen LogP contribution in [-0.2, 0) is 27.9 Å². The van der Waals surface area contributed by atoms with Crippen molar-refractivity contribution in [2.24, 2.45) is 0 Å². The molecule has 74 heavy (non-hydrogen) atoms. The number of ether oxygens (including phenoxy) is 1. The van der Waals surface area contributed by atoms with E-state index in [9.17, 15) is 19.0 Å². The van der Waals surface area contributed by atoms with Crippen LogP contribution in [0.3, 0.4) is 0 Å². The van der Waals surface area contributed by atoms with Gasteiger partial charge in [0.1, 0.15) is 19.3 Å². The van der Waals surface area contributed by atoms with Gasteiger partial charge in [0.2, 0.25) is 5.91 Å². The number of carbonyl (C=O) groups is 2. The van der Waals surface area contributed by atoms with E-state index in [1.165, 1.54) is 180 Å². The van der Waals surface area contributed by atoms with Gasteiger partial charge in [-0.15, -0.1) is 0 Å². The zero-order valence-corrected chi connectivity index (χ0v) is 50.5. The van der Waals surface area contributed by atoms with Crippen molar-refractivity contribution in [3.05, 3.63) is 48.6 Å². The highest BCUT2D eigenvalue weighted by Crippen LogP contribution is 2.43. The molecule has 0 heterocycles. The Balaban J connectivity index is 5.29. The summed E-state index contributed by atoms with van der Waals surface area (Å²) in [5, 5.41) is 3.06. The second-order valence-corrected chi connectivity index (χ2v) is 24.0. The monoisotopic (exact) mass is 1060 g/mol. The maximum Gasteiger partial charge on any atom is 0.472 e. The fraction of sp³-hybridized carbons (Fsp3) is 0.844. The van der Waals surface area contributed by atoms with Crippen molar-refractivity contribution in [1.82, 2.24) is 5.32 Å². The Morgan fingerprint density at radius 3 is 1.26 bits per heavy atom. The van der Waals surface area contributed by atoms with Crippen molar-refractivity contribution >= 4 is 19.7 Å². The fourth-order valence-electron chi connectivity index (χ4n) is 9.08. The molecule has 1 amide bonds. The van der Waals surface area contributed by atoms with Gasteiger partial charge in [-0.3, -0.25) is 18.6 Å². The normalized spacial score (nSPS) is 14.0. The topological polar surface area (TPSA) is 111 Å². The molecular weight excluding hydrogens is 940 g/mol. The molecule has 3 unspecified atom stereocenters. The number of allylic oxidation sites excluding steroid dienone is 7. The standard InChI is InChI=1S/C64H121N2O7P/c1-7-10-13-16-19-22-25-28-30-32-33-34-36-39-42-45-48-51-54-57-64(68)73-62(55-52-49-46-43-40-37-27-24-21-18-15-12-9-3)61(60-72-74(69,70)71-59-58-66(4,5)6)65-63(67)56-53-50-47-44-41-38-35-31-29-26-23-20-17-14-11-8-2/h19,22,28,30-31,35,52,55,61-62H,7-18,20-21,23-27,29,32-34,36-51,53-54,56-60H2,1-6H3,(H-,65,67,69,70)/p+1/b22-19-,30-28-,35-31+,55-52+. The SMILES string of the molecule is CCCCC/C=C\C/C=C\CCCCCCCCCCCC(=O)OC(/C=C/CCCCCCCCCCCCC)C(COP(=O)(O)OCC[N+](C)(C)C)NC(=O)CCCCCCC/C=C/CCCCCCCCC. The van der Waals surface area contributed by atoms with Gasteiger partial charge in [0, 0.05) is 12.8 Å². The van der Waals surface area contributed by atoms with Gasteiger partial charge < -0.3 is 19.4 Å². The Morgan fingerprint density at radius 1 is 0.473 bits per heavy atom. The number of nitrogens with one attached hydrogen (secondary N) is 1. The van der Waals surface area contributed by atoms with E-state index < -0.39 is 20.0 Å². The lowest BCUT2D eigenvalue weighted by atomic mass is 10.0. The van der Waals surface area contributed by atoms with Crippen LogP contribution in [0.5, 0.6) is 0 Å². The molecule has 0 aliphatic rings. The first-order valence-corrected chi connectivity index (χ1v) is 33.0. The first kappa shape index (κ1) is 72.0. The molecule has 0 fully saturated rings. The van der Waals surface area contributed by atoms with E-state index in [1.807, 2.05) is 33.3 Å². The maximum absolute atomic E-state index is 13.5. The molecule has 434 valence electrons. The number of phosphoric ester groups is 1. The van der Waals surface area contributed by atoms with Gasteiger partial charge in [-0.25, -0.2) is 4.57 Å². The molecular formula is C64H122N2O7P+. The molecule has 0 spiro atoms. The number of carbonyl (C=O) groups excluding carboxylic acids is 2. The van der Waals surface area contributed by atoms with E-state index in [-0.39, 0.29) is 31.5 Å². The number of esters is 1. The third kappa shape index (κ3) is 54.7. The third-order valence-electron chi connectivity index (χ3n) is 14.0. The van der Waals surface area contributed by atoms with Crippen LogP contribution in [0, 0.1) is 0 Å². The summed E-state index contributed by atoms with van der Waals surface area (Å²) in [6.07, 6.45) is 66.7. The van der Waals surface area contributed by atoms with E-state index in [1.54, 1.807) is 0 Å². The molecule has 0 bridgehead atoms. The lowest BCUT2D eigenvalue weighted by molar-refractivity contribution is -0.870. The van der Waals surface area contributed by atoms with Crippen LogP contribution in [0.4, 0.5) is 0 Å². The summed E-state index contributed by atoms with van der Waals surface area (Å²) >= 11 is 0. The Labute approximate surface area is 458 Å². The van der Waals surface area contributed by atoms with E-state index in [0.717, 1.165) is 83.5 Å². The average Bonchev–Trinajstić information content (AvgIpc) is 3.36. The van der Waals surface area contributed by atoms with Crippen molar-refractivity contribution in [2.75, 3.05) is 40.9 Å². The van der Waals surface area contributed by atoms with Crippen molar-refractivity contribution in [3.63, 3.8) is 0 Å². The first-order valence-electron chi connectivity index (χ1n) is 31.5. The highest BCUT2D eigenvalue weighted by atomic mass is 31.2. The van der Waals surface area contributed by atoms with Crippen LogP contribution in [0.2, 0.25) is 0 Å². The van der Waals surface area contributed by atoms with Gasteiger partial charge in [-0.05, 0) is 89.5 Å². The summed E-state index contributed by atoms with van der Waals surface area (Å²) in [7, 11) is 1.49. The van der Waals surface area contributed by atoms with Crippen LogP contribution in [0.15, 0.2) is 48.6 Å². The van der Waals surface area contributed by atoms with Gasteiger partial charge in [0.15, 0.2) is 0 Å². The van der Waals surface area contributed by atoms with Crippen LogP contribution in [0.1, 0.15) is 297 Å². The number of quaternary nitrogens is 1. The number of amides is 1. The second kappa shape index (κ2) is 54.3. The van der Waals surface area contributed by atoms with E-state index in [4.69, 9.17) is 13.8 Å². The number of likely N-dealkylation sites (N-methyl/N-ethyl adjacent to an activating group) is 1. The van der Waals surface area contributed by atoms with Crippen LogP contribution >= 0.6 is 7.82 Å². The van der Waals surface area contributed by atoms with Crippen LogP contribution < -0.4 is 5.32 Å². The number of nitrogens with zero attached hydrogens (tertiary/aromatic N) is 1. The lowest BCUT2D eigenvalue weighted by Gasteiger charge is -2.27. The molecule has 0 aliphatic carbocycles. The minimum absolute atomic E-state index is 0.0384. The van der Waals surface area contributed by atoms with Crippen molar-refractivity contribution in [3.8, 4) is 0 Å². The molecule has 0 radical (unpaired) electrons. The predicted molar refractivity (Wildman–Crippen MR) is 319 cm³/mol. The quantitative estimate of drug-likeness (QED) is 0.0205. The molecule has 0 rings (SSSR count). The van der Waals surface area contributed by atoms with Gasteiger partial charge in [-0.1, -0.05) is 243 Å². The fourth-order valence-corrected chi connectivity index (χ4v) is 9.82. The Morgan fingerprint density at radius 2 is 0.824 bits per heavy atom. The largest absolute Gasteiger partial charge is 0.472 e. The maximum atomic E-state index is 13.5. The smallest absolute Gasteiger partial charge is 0.456 e. The second-order valence-electron chi connectivity index (χ2n) is 22.6. The molecule has 10 heteroatoms. The molecule has 0 aromatic rings. The number of phosphoric acid groups is 1. The summed E-state index contributed by atoms with van der Waals surface area (Å²) in [5.74, 6) is -0.511. The Bertz CT molecular complexity index is 1410. The molecule has 0 aliphatic heterocycles. The zero-order chi connectivity index (χ0) is 54.3. The Kier molecular flexibility index (Phi) is 52.8. The lowest BCUT2D eigenvalue weighted by Crippen LogP contribution is -2.47. The van der Waals surface area contributed by atoms with Crippen LogP contribution in [0.25, 0.3) is 0 Å². The summed E-state index contributed by atoms with van der Waals surface area (Å²) in [6.45, 7) is 7.00. The number of hydrogen-bond acceptors (Lipinski definition) is 6. The summed E-state index contributed by atoms with van der Waals surface area (Å²) in [5.41, 5.74) is 0. The molecule has 0 aromatic carbocycles. The molecule has 2 N–H and O–H groups in total. The predicted octanol–water partition coefficient (Wildman–Crippen LogP) is 19.3. The minimum atomic E-state index is -4.45. The highest BCUT2D eigenvalue weighted by molar-refractivity contribution is 7.47. The third-order valence-corrected chi connectivity index (χ3v) is 15.0. The van der Waals surface area contributed by atoms with Crippen molar-refractivity contribution in [1.29, 1.82) is 0 Å². The molecule has 9 nitrogen and oxygen atoms in total. The average molecular weight is 1060 g/mol.